The van der Waals surface area contributed by atoms with Crippen LogP contribution >= 0.6 is 0 Å². The molecular weight excluding hydrogens is 214 g/mol. The molecule has 2 aromatic rings. The number of nitrogens with zero attached hydrogens (tertiary/aromatic N) is 1. The molecule has 1 aromatic heterocycles. The lowest BCUT2D eigenvalue weighted by atomic mass is 10.1. The van der Waals surface area contributed by atoms with Gasteiger partial charge in [0.1, 0.15) is 0 Å². The number of nitrogens with one attached hydrogen (secondary N) is 2. The fourth-order valence-electron chi connectivity index (χ4n) is 1.61. The first-order valence-corrected chi connectivity index (χ1v) is 5.63. The highest BCUT2D eigenvalue weighted by Gasteiger charge is 2.03. The van der Waals surface area contributed by atoms with Crippen LogP contribution in [0, 0.1) is 0 Å². The predicted octanol–water partition coefficient (Wildman–Crippen LogP) is 1.31. The predicted molar refractivity (Wildman–Crippen MR) is 65.4 cm³/mol. The molecule has 1 heterocycles. The first-order valence-electron chi connectivity index (χ1n) is 5.63. The number of rotatable bonds is 5. The van der Waals surface area contributed by atoms with Crippen molar-refractivity contribution in [2.45, 2.75) is 12.8 Å². The largest absolute Gasteiger partial charge is 0.355 e. The third-order valence-corrected chi connectivity index (χ3v) is 2.49. The van der Waals surface area contributed by atoms with Crippen LogP contribution in [0.15, 0.2) is 42.6 Å². The Morgan fingerprint density at radius 3 is 2.76 bits per heavy atom. The first kappa shape index (κ1) is 11.4. The minimum atomic E-state index is 0.0187. The zero-order valence-corrected chi connectivity index (χ0v) is 9.52. The second kappa shape index (κ2) is 5.84. The molecule has 17 heavy (non-hydrogen) atoms. The van der Waals surface area contributed by atoms with Gasteiger partial charge in [-0.25, -0.2) is 0 Å². The maximum Gasteiger partial charge on any atom is 0.226 e. The van der Waals surface area contributed by atoms with Crippen molar-refractivity contribution in [1.29, 1.82) is 0 Å². The van der Waals surface area contributed by atoms with Crippen LogP contribution in [-0.2, 0) is 17.6 Å². The van der Waals surface area contributed by atoms with Crippen LogP contribution in [0.5, 0.6) is 0 Å². The summed E-state index contributed by atoms with van der Waals surface area (Å²) < 4.78 is 0. The number of aromatic nitrogens is 2. The summed E-state index contributed by atoms with van der Waals surface area (Å²) in [5.41, 5.74) is 2.07. The number of carbonyl (C=O) groups excluding carboxylic acids is 1. The van der Waals surface area contributed by atoms with Gasteiger partial charge in [0.2, 0.25) is 5.91 Å². The van der Waals surface area contributed by atoms with E-state index < -0.39 is 0 Å². The molecule has 1 amide bonds. The van der Waals surface area contributed by atoms with E-state index in [0.717, 1.165) is 12.1 Å². The number of hydrogen-bond acceptors (Lipinski definition) is 2. The van der Waals surface area contributed by atoms with Crippen molar-refractivity contribution in [1.82, 2.24) is 15.5 Å². The summed E-state index contributed by atoms with van der Waals surface area (Å²) >= 11 is 0. The summed E-state index contributed by atoms with van der Waals surface area (Å²) in [4.78, 5) is 11.5. The quantitative estimate of drug-likeness (QED) is 0.812. The molecule has 2 rings (SSSR count). The van der Waals surface area contributed by atoms with Gasteiger partial charge in [0.25, 0.3) is 0 Å². The van der Waals surface area contributed by atoms with Crippen molar-refractivity contribution in [3.8, 4) is 0 Å². The molecule has 88 valence electrons. The van der Waals surface area contributed by atoms with Crippen LogP contribution < -0.4 is 5.32 Å². The number of benzene rings is 1. The van der Waals surface area contributed by atoms with Gasteiger partial charge in [-0.15, -0.1) is 0 Å². The number of hydrogen-bond donors (Lipinski definition) is 2. The molecule has 4 nitrogen and oxygen atoms in total. The third-order valence-electron chi connectivity index (χ3n) is 2.49. The fourth-order valence-corrected chi connectivity index (χ4v) is 1.61. The summed E-state index contributed by atoms with van der Waals surface area (Å²) in [6.45, 7) is 0.664. The summed E-state index contributed by atoms with van der Waals surface area (Å²) in [5, 5.41) is 9.45. The number of carbonyl (C=O) groups is 1. The molecule has 0 atom stereocenters. The van der Waals surface area contributed by atoms with E-state index in [1.54, 1.807) is 12.3 Å². The molecule has 2 N–H and O–H groups in total. The fraction of sp³-hybridized carbons (Fsp3) is 0.231. The van der Waals surface area contributed by atoms with E-state index in [-0.39, 0.29) is 5.91 Å². The SMILES string of the molecule is O=C(Cc1ccn[nH]1)NCCc1ccccc1. The first-order chi connectivity index (χ1) is 8.34. The Bertz CT molecular complexity index is 451. The third kappa shape index (κ3) is 3.75. The van der Waals surface area contributed by atoms with Gasteiger partial charge in [0.15, 0.2) is 0 Å². The van der Waals surface area contributed by atoms with Crippen molar-refractivity contribution >= 4 is 5.91 Å². The molecule has 0 aliphatic heterocycles. The van der Waals surface area contributed by atoms with Gasteiger partial charge in [0, 0.05) is 18.4 Å². The van der Waals surface area contributed by atoms with Gasteiger partial charge in [-0.2, -0.15) is 5.10 Å². The smallest absolute Gasteiger partial charge is 0.226 e. The van der Waals surface area contributed by atoms with E-state index in [9.17, 15) is 4.79 Å². The van der Waals surface area contributed by atoms with Crippen LogP contribution in [0.4, 0.5) is 0 Å². The van der Waals surface area contributed by atoms with Crippen LogP contribution in [0.25, 0.3) is 0 Å². The standard InChI is InChI=1S/C13H15N3O/c17-13(10-12-7-9-15-16-12)14-8-6-11-4-2-1-3-5-11/h1-5,7,9H,6,8,10H2,(H,14,17)(H,15,16). The van der Waals surface area contributed by atoms with Gasteiger partial charge in [-0.05, 0) is 18.1 Å². The average molecular weight is 229 g/mol. The normalized spacial score (nSPS) is 10.1. The molecule has 0 fully saturated rings. The lowest BCUT2D eigenvalue weighted by Gasteiger charge is -2.04. The topological polar surface area (TPSA) is 57.8 Å². The van der Waals surface area contributed by atoms with Gasteiger partial charge >= 0.3 is 0 Å². The summed E-state index contributed by atoms with van der Waals surface area (Å²) in [7, 11) is 0. The van der Waals surface area contributed by atoms with Crippen LogP contribution in [0.2, 0.25) is 0 Å². The van der Waals surface area contributed by atoms with Crippen molar-refractivity contribution in [3.05, 3.63) is 53.9 Å². The van der Waals surface area contributed by atoms with Gasteiger partial charge < -0.3 is 5.32 Å². The highest BCUT2D eigenvalue weighted by atomic mass is 16.1. The molecule has 0 saturated heterocycles. The van der Waals surface area contributed by atoms with E-state index in [1.165, 1.54) is 5.56 Å². The molecule has 0 aliphatic carbocycles. The molecule has 4 heteroatoms. The lowest BCUT2D eigenvalue weighted by molar-refractivity contribution is -0.120. The Morgan fingerprint density at radius 1 is 1.24 bits per heavy atom. The van der Waals surface area contributed by atoms with Gasteiger partial charge in [-0.1, -0.05) is 30.3 Å². The summed E-state index contributed by atoms with van der Waals surface area (Å²) in [6, 6.07) is 11.9. The van der Waals surface area contributed by atoms with Gasteiger partial charge in [0.05, 0.1) is 6.42 Å². The molecule has 0 unspecified atom stereocenters. The van der Waals surface area contributed by atoms with Crippen molar-refractivity contribution in [2.75, 3.05) is 6.54 Å². The van der Waals surface area contributed by atoms with Crippen LogP contribution in [0.3, 0.4) is 0 Å². The second-order valence-corrected chi connectivity index (χ2v) is 3.84. The molecule has 0 saturated carbocycles. The summed E-state index contributed by atoms with van der Waals surface area (Å²) in [6.07, 6.45) is 2.86. The van der Waals surface area contributed by atoms with E-state index in [4.69, 9.17) is 0 Å². The maximum atomic E-state index is 11.5. The Morgan fingerprint density at radius 2 is 2.06 bits per heavy atom. The zero-order valence-electron chi connectivity index (χ0n) is 9.52. The molecule has 0 bridgehead atoms. The lowest BCUT2D eigenvalue weighted by Crippen LogP contribution is -2.27. The monoisotopic (exact) mass is 229 g/mol. The minimum Gasteiger partial charge on any atom is -0.355 e. The highest BCUT2D eigenvalue weighted by molar-refractivity contribution is 5.78. The van der Waals surface area contributed by atoms with Crippen LogP contribution in [-0.4, -0.2) is 22.6 Å². The second-order valence-electron chi connectivity index (χ2n) is 3.84. The van der Waals surface area contributed by atoms with E-state index in [1.807, 2.05) is 18.2 Å². The summed E-state index contributed by atoms with van der Waals surface area (Å²) in [5.74, 6) is 0.0187. The number of aromatic amines is 1. The van der Waals surface area contributed by atoms with E-state index in [2.05, 4.69) is 27.6 Å². The van der Waals surface area contributed by atoms with Crippen molar-refractivity contribution < 1.29 is 4.79 Å². The minimum absolute atomic E-state index is 0.0187. The molecular formula is C13H15N3O. The Hall–Kier alpha value is -2.10. The van der Waals surface area contributed by atoms with Gasteiger partial charge in [-0.3, -0.25) is 9.89 Å². The highest BCUT2D eigenvalue weighted by Crippen LogP contribution is 1.98. The van der Waals surface area contributed by atoms with E-state index in [0.29, 0.717) is 13.0 Å². The Balaban J connectivity index is 1.70. The Kier molecular flexibility index (Phi) is 3.91. The van der Waals surface area contributed by atoms with Crippen LogP contribution in [0.1, 0.15) is 11.3 Å². The van der Waals surface area contributed by atoms with E-state index >= 15 is 0 Å². The molecule has 0 aliphatic rings. The number of H-pyrrole nitrogens is 1. The zero-order chi connectivity index (χ0) is 11.9. The maximum absolute atomic E-state index is 11.5. The molecule has 0 spiro atoms. The average Bonchev–Trinajstić information content (AvgIpc) is 2.83. The number of amides is 1. The Labute approximate surface area is 100 Å². The van der Waals surface area contributed by atoms with Crippen molar-refractivity contribution in [3.63, 3.8) is 0 Å². The molecule has 1 aromatic carbocycles. The molecule has 0 radical (unpaired) electrons. The van der Waals surface area contributed by atoms with Crippen molar-refractivity contribution in [2.24, 2.45) is 0 Å².